The Kier molecular flexibility index (Phi) is 4.05. The zero-order valence-electron chi connectivity index (χ0n) is 19.2. The monoisotopic (exact) mass is 449 g/mol. The zero-order valence-corrected chi connectivity index (χ0v) is 19.2. The van der Waals surface area contributed by atoms with E-state index in [4.69, 9.17) is 9.72 Å². The first kappa shape index (κ1) is 19.9. The number of benzene rings is 1. The summed E-state index contributed by atoms with van der Waals surface area (Å²) in [5.41, 5.74) is 5.44. The van der Waals surface area contributed by atoms with Crippen LogP contribution in [0, 0.1) is 19.8 Å². The minimum Gasteiger partial charge on any atom is -0.326 e. The van der Waals surface area contributed by atoms with Crippen molar-refractivity contribution in [3.63, 3.8) is 0 Å². The fourth-order valence-corrected chi connectivity index (χ4v) is 6.23. The van der Waals surface area contributed by atoms with Crippen LogP contribution < -0.4 is 5.32 Å². The molecule has 0 radical (unpaired) electrons. The van der Waals surface area contributed by atoms with Gasteiger partial charge in [-0.2, -0.15) is 5.10 Å². The Bertz CT molecular complexity index is 1260. The molecule has 8 heteroatoms. The molecule has 7 rings (SSSR count). The van der Waals surface area contributed by atoms with Gasteiger partial charge in [0.15, 0.2) is 12.9 Å². The topological polar surface area (TPSA) is 64.9 Å². The summed E-state index contributed by atoms with van der Waals surface area (Å²) in [6.45, 7) is 8.04. The molecule has 4 heterocycles. The predicted molar refractivity (Wildman–Crippen MR) is 123 cm³/mol. The Morgan fingerprint density at radius 3 is 2.79 bits per heavy atom. The van der Waals surface area contributed by atoms with E-state index in [0.29, 0.717) is 24.8 Å². The van der Waals surface area contributed by atoms with Crippen LogP contribution in [0.3, 0.4) is 0 Å². The summed E-state index contributed by atoms with van der Waals surface area (Å²) >= 11 is 0. The molecule has 0 amide bonds. The third-order valence-electron chi connectivity index (χ3n) is 8.67. The Labute approximate surface area is 192 Å². The van der Waals surface area contributed by atoms with Crippen molar-refractivity contribution in [1.82, 2.24) is 19.7 Å². The molecule has 1 aromatic carbocycles. The maximum absolute atomic E-state index is 15.4. The van der Waals surface area contributed by atoms with Crippen molar-refractivity contribution in [1.29, 1.82) is 0 Å². The first-order valence-corrected chi connectivity index (χ1v) is 12.1. The lowest BCUT2D eigenvalue weighted by atomic mass is 9.84. The molecular formula is C25H30FN6O+. The van der Waals surface area contributed by atoms with E-state index in [1.807, 2.05) is 12.4 Å². The summed E-state index contributed by atoms with van der Waals surface area (Å²) < 4.78 is 23.9. The van der Waals surface area contributed by atoms with E-state index >= 15 is 4.39 Å². The Hall–Kier alpha value is -2.58. The van der Waals surface area contributed by atoms with E-state index in [1.165, 1.54) is 12.8 Å². The Morgan fingerprint density at radius 2 is 2.06 bits per heavy atom. The third kappa shape index (κ3) is 3.03. The summed E-state index contributed by atoms with van der Waals surface area (Å²) in [5, 5.41) is 8.97. The normalized spacial score (nSPS) is 34.6. The zero-order chi connectivity index (χ0) is 22.4. The van der Waals surface area contributed by atoms with Gasteiger partial charge in [-0.1, -0.05) is 0 Å². The van der Waals surface area contributed by atoms with Crippen LogP contribution in [0.5, 0.6) is 0 Å². The standard InChI is InChI=1S/C25H30FN6O/c1-15-7-17-11-27-24(30-23-12-28-31(16(23)2)25-9-18(25)10-25)29-22(17)8-20(15)19-3-4-32(13-21(19)26)5-6-33-14-32/h7-8,11-12,18-19,21H,3-6,9-10,13-14H2,1-2H3,(H,27,29,30)/q+1. The molecule has 2 aromatic heterocycles. The van der Waals surface area contributed by atoms with E-state index in [-0.39, 0.29) is 5.92 Å². The molecule has 7 nitrogen and oxygen atoms in total. The van der Waals surface area contributed by atoms with Gasteiger partial charge in [0.05, 0.1) is 35.2 Å². The highest BCUT2D eigenvalue weighted by Crippen LogP contribution is 2.72. The second kappa shape index (κ2) is 6.73. The number of hydrogen-bond donors (Lipinski definition) is 1. The molecule has 3 unspecified atom stereocenters. The average molecular weight is 450 g/mol. The number of hydrogen-bond acceptors (Lipinski definition) is 5. The quantitative estimate of drug-likeness (QED) is 0.612. The number of halogens is 1. The van der Waals surface area contributed by atoms with E-state index < -0.39 is 6.17 Å². The van der Waals surface area contributed by atoms with Crippen molar-refractivity contribution < 1.29 is 13.6 Å². The number of quaternary nitrogens is 1. The number of aryl methyl sites for hydroxylation is 1. The minimum absolute atomic E-state index is 0.0881. The summed E-state index contributed by atoms with van der Waals surface area (Å²) in [7, 11) is 0. The highest BCUT2D eigenvalue weighted by atomic mass is 19.1. The Balaban J connectivity index is 1.17. The Morgan fingerprint density at radius 1 is 1.21 bits per heavy atom. The lowest BCUT2D eigenvalue weighted by Crippen LogP contribution is -2.55. The number of nitrogens with zero attached hydrogens (tertiary/aromatic N) is 5. The van der Waals surface area contributed by atoms with Crippen molar-refractivity contribution >= 4 is 22.5 Å². The molecule has 33 heavy (non-hydrogen) atoms. The van der Waals surface area contributed by atoms with Crippen LogP contribution in [0.25, 0.3) is 10.9 Å². The second-order valence-corrected chi connectivity index (χ2v) is 10.8. The van der Waals surface area contributed by atoms with Crippen LogP contribution in [0.4, 0.5) is 16.0 Å². The van der Waals surface area contributed by atoms with Crippen molar-refractivity contribution in [2.45, 2.75) is 50.7 Å². The first-order chi connectivity index (χ1) is 16.0. The molecule has 2 saturated heterocycles. The maximum Gasteiger partial charge on any atom is 0.227 e. The number of nitrogens with one attached hydrogen (secondary N) is 1. The molecule has 0 bridgehead atoms. The number of anilines is 2. The second-order valence-electron chi connectivity index (χ2n) is 10.8. The smallest absolute Gasteiger partial charge is 0.227 e. The van der Waals surface area contributed by atoms with Gasteiger partial charge < -0.3 is 10.1 Å². The molecule has 2 aliphatic heterocycles. The minimum atomic E-state index is -0.863. The summed E-state index contributed by atoms with van der Waals surface area (Å²) in [4.78, 5) is 9.33. The van der Waals surface area contributed by atoms with Crippen LogP contribution in [-0.2, 0) is 10.3 Å². The van der Waals surface area contributed by atoms with E-state index in [9.17, 15) is 0 Å². The van der Waals surface area contributed by atoms with Crippen molar-refractivity contribution in [3.05, 3.63) is 41.3 Å². The van der Waals surface area contributed by atoms with Crippen molar-refractivity contribution in [3.8, 4) is 0 Å². The van der Waals surface area contributed by atoms with E-state index in [0.717, 1.165) is 69.9 Å². The molecule has 3 atom stereocenters. The number of aromatic nitrogens is 4. The van der Waals surface area contributed by atoms with E-state index in [2.05, 4.69) is 46.1 Å². The molecule has 4 fully saturated rings. The molecule has 172 valence electrons. The van der Waals surface area contributed by atoms with Gasteiger partial charge >= 0.3 is 0 Å². The molecule has 2 saturated carbocycles. The first-order valence-electron chi connectivity index (χ1n) is 12.1. The van der Waals surface area contributed by atoms with Crippen LogP contribution in [-0.4, -0.2) is 63.4 Å². The number of ether oxygens (including phenoxy) is 1. The predicted octanol–water partition coefficient (Wildman–Crippen LogP) is 3.94. The van der Waals surface area contributed by atoms with Crippen LogP contribution in [0.15, 0.2) is 24.5 Å². The van der Waals surface area contributed by atoms with Gasteiger partial charge in [0.25, 0.3) is 0 Å². The summed E-state index contributed by atoms with van der Waals surface area (Å²) in [6.07, 6.45) is 6.22. The van der Waals surface area contributed by atoms with Gasteiger partial charge in [0, 0.05) is 23.9 Å². The molecular weight excluding hydrogens is 419 g/mol. The largest absolute Gasteiger partial charge is 0.326 e. The molecule has 2 aliphatic carbocycles. The highest BCUT2D eigenvalue weighted by Gasteiger charge is 2.72. The van der Waals surface area contributed by atoms with Crippen LogP contribution >= 0.6 is 0 Å². The number of fused-ring (bicyclic) bond motifs is 2. The van der Waals surface area contributed by atoms with Gasteiger partial charge in [0.1, 0.15) is 19.7 Å². The fraction of sp³-hybridized carbons (Fsp3) is 0.560. The molecule has 1 spiro atoms. The van der Waals surface area contributed by atoms with Crippen LogP contribution in [0.2, 0.25) is 0 Å². The maximum atomic E-state index is 15.4. The molecule has 4 aliphatic rings. The van der Waals surface area contributed by atoms with Crippen molar-refractivity contribution in [2.75, 3.05) is 38.3 Å². The molecule has 3 aromatic rings. The average Bonchev–Trinajstić information content (AvgIpc) is 3.55. The number of alkyl halides is 1. The lowest BCUT2D eigenvalue weighted by molar-refractivity contribution is -0.932. The van der Waals surface area contributed by atoms with Gasteiger partial charge in [-0.25, -0.2) is 14.4 Å². The van der Waals surface area contributed by atoms with Crippen LogP contribution in [0.1, 0.15) is 42.0 Å². The van der Waals surface area contributed by atoms with Crippen molar-refractivity contribution in [2.24, 2.45) is 5.92 Å². The van der Waals surface area contributed by atoms with Gasteiger partial charge in [-0.3, -0.25) is 9.16 Å². The highest BCUT2D eigenvalue weighted by molar-refractivity contribution is 5.81. The van der Waals surface area contributed by atoms with Gasteiger partial charge in [0.2, 0.25) is 5.95 Å². The summed E-state index contributed by atoms with van der Waals surface area (Å²) in [5.74, 6) is 1.30. The molecule has 1 N–H and O–H groups in total. The third-order valence-corrected chi connectivity index (χ3v) is 8.67. The number of rotatable bonds is 4. The lowest BCUT2D eigenvalue weighted by Gasteiger charge is -2.41. The van der Waals surface area contributed by atoms with E-state index in [1.54, 1.807) is 0 Å². The summed E-state index contributed by atoms with van der Waals surface area (Å²) in [6, 6.07) is 4.18. The van der Waals surface area contributed by atoms with Gasteiger partial charge in [-0.05, 0) is 55.9 Å². The fourth-order valence-electron chi connectivity index (χ4n) is 6.23. The number of piperidine rings is 1. The SMILES string of the molecule is Cc1cc2cnc(Nc3cnn(C45CC4C5)c3C)nc2cc1C1CC[N+]2(CCOC2)CC1F. The van der Waals surface area contributed by atoms with Gasteiger partial charge in [-0.15, -0.1) is 0 Å².